The zero-order chi connectivity index (χ0) is 14.4. The van der Waals surface area contributed by atoms with Crippen LogP contribution in [-0.4, -0.2) is 6.61 Å². The zero-order valence-electron chi connectivity index (χ0n) is 11.9. The molecule has 0 fully saturated rings. The molecule has 0 unspecified atom stereocenters. The molecular formula is C17H19ClO2. The Bertz CT molecular complexity index is 549. The quantitative estimate of drug-likeness (QED) is 0.671. The molecule has 0 spiro atoms. The van der Waals surface area contributed by atoms with Crippen molar-refractivity contribution in [3.63, 3.8) is 0 Å². The lowest BCUT2D eigenvalue weighted by molar-refractivity contribution is 0.317. The standard InChI is InChI=1S/C17H19ClO2/c1-3-10-19-15-6-8-16(9-7-15)20-17-11-14(12-18)5-4-13(17)2/h4-9,11H,3,10,12H2,1-2H3. The number of ether oxygens (including phenoxy) is 2. The van der Waals surface area contributed by atoms with Gasteiger partial charge in [0, 0.05) is 5.88 Å². The van der Waals surface area contributed by atoms with E-state index >= 15 is 0 Å². The summed E-state index contributed by atoms with van der Waals surface area (Å²) in [6.45, 7) is 4.84. The second-order valence-electron chi connectivity index (χ2n) is 4.66. The highest BCUT2D eigenvalue weighted by Crippen LogP contribution is 2.28. The van der Waals surface area contributed by atoms with Crippen LogP contribution in [0.2, 0.25) is 0 Å². The molecule has 3 heteroatoms. The Morgan fingerprint density at radius 3 is 2.35 bits per heavy atom. The number of benzene rings is 2. The van der Waals surface area contributed by atoms with Crippen LogP contribution in [-0.2, 0) is 5.88 Å². The lowest BCUT2D eigenvalue weighted by Crippen LogP contribution is -1.94. The minimum absolute atomic E-state index is 0.487. The summed E-state index contributed by atoms with van der Waals surface area (Å²) in [5.41, 5.74) is 2.14. The maximum absolute atomic E-state index is 5.90. The van der Waals surface area contributed by atoms with Crippen molar-refractivity contribution in [3.05, 3.63) is 53.6 Å². The van der Waals surface area contributed by atoms with Gasteiger partial charge in [0.05, 0.1) is 6.61 Å². The predicted octanol–water partition coefficient (Wildman–Crippen LogP) is 5.31. The fourth-order valence-electron chi connectivity index (χ4n) is 1.79. The van der Waals surface area contributed by atoms with Crippen molar-refractivity contribution in [2.75, 3.05) is 6.61 Å². The van der Waals surface area contributed by atoms with Crippen LogP contribution in [0.25, 0.3) is 0 Å². The molecule has 0 aliphatic carbocycles. The Kier molecular flexibility index (Phi) is 5.31. The highest BCUT2D eigenvalue weighted by atomic mass is 35.5. The molecule has 0 saturated carbocycles. The number of aryl methyl sites for hydroxylation is 1. The van der Waals surface area contributed by atoms with E-state index in [2.05, 4.69) is 6.92 Å². The molecule has 0 atom stereocenters. The van der Waals surface area contributed by atoms with Crippen molar-refractivity contribution in [1.29, 1.82) is 0 Å². The molecule has 2 nitrogen and oxygen atoms in total. The molecule has 20 heavy (non-hydrogen) atoms. The molecule has 0 aliphatic heterocycles. The van der Waals surface area contributed by atoms with E-state index in [-0.39, 0.29) is 0 Å². The smallest absolute Gasteiger partial charge is 0.130 e. The van der Waals surface area contributed by atoms with Crippen molar-refractivity contribution in [2.45, 2.75) is 26.1 Å². The van der Waals surface area contributed by atoms with Crippen LogP contribution in [0.15, 0.2) is 42.5 Å². The normalized spacial score (nSPS) is 10.3. The second-order valence-corrected chi connectivity index (χ2v) is 4.92. The lowest BCUT2D eigenvalue weighted by Gasteiger charge is -2.11. The molecule has 0 aromatic heterocycles. The largest absolute Gasteiger partial charge is 0.494 e. The average molecular weight is 291 g/mol. The van der Waals surface area contributed by atoms with E-state index in [9.17, 15) is 0 Å². The Morgan fingerprint density at radius 1 is 1.00 bits per heavy atom. The number of halogens is 1. The van der Waals surface area contributed by atoms with E-state index in [0.29, 0.717) is 5.88 Å². The Labute approximate surface area is 125 Å². The minimum atomic E-state index is 0.487. The number of rotatable bonds is 6. The number of hydrogen-bond donors (Lipinski definition) is 0. The van der Waals surface area contributed by atoms with Crippen LogP contribution >= 0.6 is 11.6 Å². The monoisotopic (exact) mass is 290 g/mol. The molecule has 106 valence electrons. The number of hydrogen-bond acceptors (Lipinski definition) is 2. The Hall–Kier alpha value is -1.67. The molecule has 0 bridgehead atoms. The fraction of sp³-hybridized carbons (Fsp3) is 0.294. The van der Waals surface area contributed by atoms with E-state index in [0.717, 1.165) is 41.4 Å². The Morgan fingerprint density at radius 2 is 1.70 bits per heavy atom. The third-order valence-electron chi connectivity index (χ3n) is 2.93. The van der Waals surface area contributed by atoms with E-state index in [1.54, 1.807) is 0 Å². The van der Waals surface area contributed by atoms with Crippen molar-refractivity contribution in [3.8, 4) is 17.2 Å². The van der Waals surface area contributed by atoms with Crippen molar-refractivity contribution < 1.29 is 9.47 Å². The highest BCUT2D eigenvalue weighted by molar-refractivity contribution is 6.17. The van der Waals surface area contributed by atoms with Crippen LogP contribution in [0.4, 0.5) is 0 Å². The van der Waals surface area contributed by atoms with Crippen molar-refractivity contribution >= 4 is 11.6 Å². The molecule has 2 rings (SSSR count). The SMILES string of the molecule is CCCOc1ccc(Oc2cc(CCl)ccc2C)cc1. The lowest BCUT2D eigenvalue weighted by atomic mass is 10.1. The average Bonchev–Trinajstić information content (AvgIpc) is 2.49. The predicted molar refractivity (Wildman–Crippen MR) is 83.0 cm³/mol. The molecule has 2 aromatic carbocycles. The van der Waals surface area contributed by atoms with Gasteiger partial charge in [0.25, 0.3) is 0 Å². The van der Waals surface area contributed by atoms with Gasteiger partial charge >= 0.3 is 0 Å². The van der Waals surface area contributed by atoms with Crippen LogP contribution in [0.3, 0.4) is 0 Å². The first-order valence-electron chi connectivity index (χ1n) is 6.79. The summed E-state index contributed by atoms with van der Waals surface area (Å²) in [4.78, 5) is 0. The third-order valence-corrected chi connectivity index (χ3v) is 3.24. The maximum Gasteiger partial charge on any atom is 0.130 e. The van der Waals surface area contributed by atoms with Gasteiger partial charge in [0.1, 0.15) is 17.2 Å². The van der Waals surface area contributed by atoms with Gasteiger partial charge < -0.3 is 9.47 Å². The highest BCUT2D eigenvalue weighted by Gasteiger charge is 2.03. The second kappa shape index (κ2) is 7.20. The van der Waals surface area contributed by atoms with Gasteiger partial charge in [-0.15, -0.1) is 11.6 Å². The molecule has 0 heterocycles. The molecule has 0 aliphatic rings. The molecule has 2 aromatic rings. The maximum atomic E-state index is 5.90. The van der Waals surface area contributed by atoms with Crippen LogP contribution in [0.5, 0.6) is 17.2 Å². The Balaban J connectivity index is 2.09. The summed E-state index contributed by atoms with van der Waals surface area (Å²) in [6.07, 6.45) is 1.00. The van der Waals surface area contributed by atoms with Gasteiger partial charge in [-0.25, -0.2) is 0 Å². The molecule has 0 saturated heterocycles. The summed E-state index contributed by atoms with van der Waals surface area (Å²) < 4.78 is 11.4. The third kappa shape index (κ3) is 3.91. The summed E-state index contributed by atoms with van der Waals surface area (Å²) in [5, 5.41) is 0. The van der Waals surface area contributed by atoms with E-state index in [4.69, 9.17) is 21.1 Å². The van der Waals surface area contributed by atoms with Crippen LogP contribution in [0.1, 0.15) is 24.5 Å². The molecule has 0 radical (unpaired) electrons. The van der Waals surface area contributed by atoms with Gasteiger partial charge in [-0.2, -0.15) is 0 Å². The summed E-state index contributed by atoms with van der Waals surface area (Å²) in [7, 11) is 0. The van der Waals surface area contributed by atoms with Crippen LogP contribution < -0.4 is 9.47 Å². The van der Waals surface area contributed by atoms with Crippen LogP contribution in [0, 0.1) is 6.92 Å². The van der Waals surface area contributed by atoms with Gasteiger partial charge in [-0.3, -0.25) is 0 Å². The topological polar surface area (TPSA) is 18.5 Å². The van der Waals surface area contributed by atoms with Gasteiger partial charge in [0.2, 0.25) is 0 Å². The van der Waals surface area contributed by atoms with E-state index in [1.807, 2.05) is 49.4 Å². The van der Waals surface area contributed by atoms with E-state index in [1.165, 1.54) is 0 Å². The summed E-state index contributed by atoms with van der Waals surface area (Å²) in [6, 6.07) is 13.7. The van der Waals surface area contributed by atoms with E-state index < -0.39 is 0 Å². The first-order chi connectivity index (χ1) is 9.72. The first kappa shape index (κ1) is 14.7. The summed E-state index contributed by atoms with van der Waals surface area (Å²) in [5.74, 6) is 2.99. The molecule has 0 N–H and O–H groups in total. The molecule has 0 amide bonds. The fourth-order valence-corrected chi connectivity index (χ4v) is 1.95. The number of alkyl halides is 1. The van der Waals surface area contributed by atoms with Gasteiger partial charge in [-0.1, -0.05) is 19.1 Å². The molecular weight excluding hydrogens is 272 g/mol. The summed E-state index contributed by atoms with van der Waals surface area (Å²) >= 11 is 5.85. The minimum Gasteiger partial charge on any atom is -0.494 e. The van der Waals surface area contributed by atoms with Crippen molar-refractivity contribution in [1.82, 2.24) is 0 Å². The van der Waals surface area contributed by atoms with Gasteiger partial charge in [0.15, 0.2) is 0 Å². The van der Waals surface area contributed by atoms with Gasteiger partial charge in [-0.05, 0) is 54.8 Å². The van der Waals surface area contributed by atoms with Crippen molar-refractivity contribution in [2.24, 2.45) is 0 Å². The first-order valence-corrected chi connectivity index (χ1v) is 7.32. The zero-order valence-corrected chi connectivity index (χ0v) is 12.6.